The summed E-state index contributed by atoms with van der Waals surface area (Å²) >= 11 is 5.74. The standard InChI is InChI=1S/C7H11ClN4O/c1-12(3-2-9)6-5(8)7(13)11-4-10-6/h4H,2-3,9H2,1H3,(H,10,11,13). The number of likely N-dealkylation sites (N-methyl/N-ethyl adjacent to an activating group) is 1. The molecule has 1 heterocycles. The first-order valence-corrected chi connectivity index (χ1v) is 4.19. The summed E-state index contributed by atoms with van der Waals surface area (Å²) in [5.41, 5.74) is 5.02. The van der Waals surface area contributed by atoms with Gasteiger partial charge in [-0.15, -0.1) is 0 Å². The average molecular weight is 203 g/mol. The molecule has 0 fully saturated rings. The van der Waals surface area contributed by atoms with Gasteiger partial charge in [0.05, 0.1) is 6.33 Å². The zero-order chi connectivity index (χ0) is 9.84. The maximum atomic E-state index is 11.1. The van der Waals surface area contributed by atoms with E-state index in [1.54, 1.807) is 11.9 Å². The Labute approximate surface area is 80.5 Å². The predicted molar refractivity (Wildman–Crippen MR) is 52.2 cm³/mol. The van der Waals surface area contributed by atoms with Gasteiger partial charge in [0, 0.05) is 20.1 Å². The molecule has 0 unspecified atom stereocenters. The first kappa shape index (κ1) is 10.0. The zero-order valence-electron chi connectivity index (χ0n) is 7.25. The van der Waals surface area contributed by atoms with E-state index in [1.807, 2.05) is 0 Å². The van der Waals surface area contributed by atoms with Crippen molar-refractivity contribution in [1.82, 2.24) is 9.97 Å². The van der Waals surface area contributed by atoms with E-state index in [0.29, 0.717) is 18.9 Å². The quantitative estimate of drug-likeness (QED) is 0.713. The number of nitrogens with one attached hydrogen (secondary N) is 1. The van der Waals surface area contributed by atoms with Crippen molar-refractivity contribution in [3.8, 4) is 0 Å². The van der Waals surface area contributed by atoms with Crippen LogP contribution in [0.25, 0.3) is 0 Å². The van der Waals surface area contributed by atoms with Crippen molar-refractivity contribution in [2.75, 3.05) is 25.0 Å². The van der Waals surface area contributed by atoms with E-state index in [0.717, 1.165) is 0 Å². The Morgan fingerprint density at radius 3 is 3.08 bits per heavy atom. The summed E-state index contributed by atoms with van der Waals surface area (Å²) in [6.45, 7) is 1.09. The molecule has 0 bridgehead atoms. The molecule has 0 atom stereocenters. The molecule has 1 aromatic rings. The van der Waals surface area contributed by atoms with Crippen molar-refractivity contribution in [3.05, 3.63) is 21.7 Å². The van der Waals surface area contributed by atoms with Crippen LogP contribution in [0.5, 0.6) is 0 Å². The Bertz CT molecular complexity index is 338. The molecular weight excluding hydrogens is 192 g/mol. The fraction of sp³-hybridized carbons (Fsp3) is 0.429. The van der Waals surface area contributed by atoms with Crippen LogP contribution in [-0.2, 0) is 0 Å². The molecule has 6 heteroatoms. The second-order valence-corrected chi connectivity index (χ2v) is 2.96. The highest BCUT2D eigenvalue weighted by Crippen LogP contribution is 2.15. The zero-order valence-corrected chi connectivity index (χ0v) is 8.01. The minimum absolute atomic E-state index is 0.0958. The molecule has 5 nitrogen and oxygen atoms in total. The van der Waals surface area contributed by atoms with Gasteiger partial charge in [-0.1, -0.05) is 11.6 Å². The second-order valence-electron chi connectivity index (χ2n) is 2.58. The molecule has 0 aliphatic heterocycles. The number of aromatic amines is 1. The van der Waals surface area contributed by atoms with Gasteiger partial charge in [0.15, 0.2) is 5.82 Å². The number of hydrogen-bond acceptors (Lipinski definition) is 4. The minimum Gasteiger partial charge on any atom is -0.357 e. The Balaban J connectivity index is 3.00. The van der Waals surface area contributed by atoms with Gasteiger partial charge in [0.2, 0.25) is 0 Å². The lowest BCUT2D eigenvalue weighted by Crippen LogP contribution is -2.27. The molecule has 1 aromatic heterocycles. The number of H-pyrrole nitrogens is 1. The number of aromatic nitrogens is 2. The van der Waals surface area contributed by atoms with Crippen LogP contribution in [0.2, 0.25) is 5.02 Å². The molecule has 0 spiro atoms. The van der Waals surface area contributed by atoms with Crippen LogP contribution < -0.4 is 16.2 Å². The van der Waals surface area contributed by atoms with E-state index in [-0.39, 0.29) is 10.6 Å². The lowest BCUT2D eigenvalue weighted by molar-refractivity contribution is 0.861. The molecular formula is C7H11ClN4O. The van der Waals surface area contributed by atoms with Crippen molar-refractivity contribution in [2.24, 2.45) is 5.73 Å². The summed E-state index contributed by atoms with van der Waals surface area (Å²) in [5, 5.41) is 0.0958. The number of nitrogens with two attached hydrogens (primary N) is 1. The van der Waals surface area contributed by atoms with E-state index in [2.05, 4.69) is 9.97 Å². The number of hydrogen-bond donors (Lipinski definition) is 2. The lowest BCUT2D eigenvalue weighted by Gasteiger charge is -2.16. The van der Waals surface area contributed by atoms with Crippen LogP contribution in [0.1, 0.15) is 0 Å². The van der Waals surface area contributed by atoms with Crippen molar-refractivity contribution in [1.29, 1.82) is 0 Å². The summed E-state index contributed by atoms with van der Waals surface area (Å²) in [7, 11) is 1.78. The third-order valence-electron chi connectivity index (χ3n) is 1.60. The van der Waals surface area contributed by atoms with E-state index in [4.69, 9.17) is 17.3 Å². The normalized spacial score (nSPS) is 10.1. The first-order chi connectivity index (χ1) is 6.16. The van der Waals surface area contributed by atoms with Gasteiger partial charge in [-0.3, -0.25) is 4.79 Å². The third kappa shape index (κ3) is 2.19. The Morgan fingerprint density at radius 2 is 2.46 bits per heavy atom. The van der Waals surface area contributed by atoms with Gasteiger partial charge in [-0.2, -0.15) is 0 Å². The van der Waals surface area contributed by atoms with Gasteiger partial charge >= 0.3 is 0 Å². The summed E-state index contributed by atoms with van der Waals surface area (Å²) in [6.07, 6.45) is 1.32. The Hall–Kier alpha value is -1.07. The van der Waals surface area contributed by atoms with Crippen LogP contribution >= 0.6 is 11.6 Å². The average Bonchev–Trinajstić information content (AvgIpc) is 2.10. The van der Waals surface area contributed by atoms with E-state index in [1.165, 1.54) is 6.33 Å². The molecule has 0 saturated carbocycles. The summed E-state index contributed by atoms with van der Waals surface area (Å²) in [5.74, 6) is 0.455. The number of rotatable bonds is 3. The van der Waals surface area contributed by atoms with Gasteiger partial charge in [-0.05, 0) is 0 Å². The maximum Gasteiger partial charge on any atom is 0.271 e. The summed E-state index contributed by atoms with van der Waals surface area (Å²) in [4.78, 5) is 19.1. The predicted octanol–water partition coefficient (Wildman–Crippen LogP) is -0.182. The van der Waals surface area contributed by atoms with E-state index >= 15 is 0 Å². The number of halogens is 1. The van der Waals surface area contributed by atoms with Gasteiger partial charge in [0.25, 0.3) is 5.56 Å². The topological polar surface area (TPSA) is 75.0 Å². The fourth-order valence-corrected chi connectivity index (χ4v) is 1.19. The van der Waals surface area contributed by atoms with E-state index < -0.39 is 0 Å². The van der Waals surface area contributed by atoms with Crippen LogP contribution in [0.3, 0.4) is 0 Å². The van der Waals surface area contributed by atoms with Gasteiger partial charge in [0.1, 0.15) is 5.02 Å². The smallest absolute Gasteiger partial charge is 0.271 e. The Morgan fingerprint density at radius 1 is 1.77 bits per heavy atom. The summed E-state index contributed by atoms with van der Waals surface area (Å²) in [6, 6.07) is 0. The SMILES string of the molecule is CN(CCN)c1nc[nH]c(=O)c1Cl. The highest BCUT2D eigenvalue weighted by molar-refractivity contribution is 6.32. The van der Waals surface area contributed by atoms with Crippen molar-refractivity contribution >= 4 is 17.4 Å². The molecule has 0 aromatic carbocycles. The van der Waals surface area contributed by atoms with Crippen LogP contribution in [0.4, 0.5) is 5.82 Å². The second kappa shape index (κ2) is 4.25. The molecule has 3 N–H and O–H groups in total. The fourth-order valence-electron chi connectivity index (χ4n) is 0.939. The highest BCUT2D eigenvalue weighted by atomic mass is 35.5. The van der Waals surface area contributed by atoms with Crippen LogP contribution in [0.15, 0.2) is 11.1 Å². The molecule has 13 heavy (non-hydrogen) atoms. The molecule has 0 saturated heterocycles. The summed E-state index contributed by atoms with van der Waals surface area (Å²) < 4.78 is 0. The molecule has 0 amide bonds. The van der Waals surface area contributed by atoms with Crippen LogP contribution in [-0.4, -0.2) is 30.1 Å². The minimum atomic E-state index is -0.337. The molecule has 0 aliphatic rings. The third-order valence-corrected chi connectivity index (χ3v) is 1.94. The molecule has 0 aliphatic carbocycles. The van der Waals surface area contributed by atoms with Gasteiger partial charge < -0.3 is 15.6 Å². The molecule has 1 rings (SSSR count). The van der Waals surface area contributed by atoms with Crippen LogP contribution in [0, 0.1) is 0 Å². The van der Waals surface area contributed by atoms with Crippen molar-refractivity contribution in [3.63, 3.8) is 0 Å². The van der Waals surface area contributed by atoms with E-state index in [9.17, 15) is 4.79 Å². The first-order valence-electron chi connectivity index (χ1n) is 3.81. The lowest BCUT2D eigenvalue weighted by atomic mass is 10.5. The number of nitrogens with zero attached hydrogens (tertiary/aromatic N) is 2. The molecule has 0 radical (unpaired) electrons. The van der Waals surface area contributed by atoms with Crippen molar-refractivity contribution in [2.45, 2.75) is 0 Å². The molecule has 72 valence electrons. The van der Waals surface area contributed by atoms with Crippen molar-refractivity contribution < 1.29 is 0 Å². The monoisotopic (exact) mass is 202 g/mol. The largest absolute Gasteiger partial charge is 0.357 e. The van der Waals surface area contributed by atoms with Gasteiger partial charge in [-0.25, -0.2) is 4.98 Å². The Kier molecular flexibility index (Phi) is 3.27. The number of anilines is 1. The highest BCUT2D eigenvalue weighted by Gasteiger charge is 2.09. The maximum absolute atomic E-state index is 11.1.